The molecule has 1 atom stereocenters. The van der Waals surface area contributed by atoms with Crippen LogP contribution in [0.4, 0.5) is 18.0 Å². The van der Waals surface area contributed by atoms with Crippen LogP contribution in [0, 0.1) is 32.6 Å². The number of hydrogen-bond donors (Lipinski definition) is 1. The van der Waals surface area contributed by atoms with Crippen molar-refractivity contribution in [2.24, 2.45) is 11.8 Å². The highest BCUT2D eigenvalue weighted by atomic mass is 32.1. The molecule has 0 bridgehead atoms. The minimum atomic E-state index is -4.58. The van der Waals surface area contributed by atoms with Crippen molar-refractivity contribution in [3.05, 3.63) is 20.9 Å². The molecule has 1 unspecified atom stereocenters. The fourth-order valence-corrected chi connectivity index (χ4v) is 9.40. The van der Waals surface area contributed by atoms with Gasteiger partial charge in [0.1, 0.15) is 12.0 Å². The SMILES string of the molecule is CCCCC1CN(CC2CCCCC2)C(=O)OC12CCN(C1(C)CCN(C(=O)c3c(C)sc(C)c3C)CC1)CC2.O=C(O)CC(F)(F)F. The molecule has 3 saturated heterocycles. The number of amides is 2. The fourth-order valence-electron chi connectivity index (χ4n) is 8.35. The first-order chi connectivity index (χ1) is 22.6. The normalized spacial score (nSPS) is 23.4. The molecule has 3 aliphatic heterocycles. The average Bonchev–Trinajstić information content (AvgIpc) is 3.28. The minimum Gasteiger partial charge on any atom is -0.481 e. The highest BCUT2D eigenvalue weighted by molar-refractivity contribution is 7.12. The van der Waals surface area contributed by atoms with E-state index in [0.29, 0.717) is 11.8 Å². The number of carbonyl (C=O) groups excluding carboxylic acids is 2. The molecule has 1 saturated carbocycles. The predicted octanol–water partition coefficient (Wildman–Crippen LogP) is 8.36. The number of aryl methyl sites for hydroxylation is 2. The number of thiophene rings is 1. The van der Waals surface area contributed by atoms with Crippen LogP contribution in [0.15, 0.2) is 0 Å². The van der Waals surface area contributed by atoms with Crippen molar-refractivity contribution in [3.8, 4) is 0 Å². The van der Waals surface area contributed by atoms with Gasteiger partial charge >= 0.3 is 18.2 Å². The number of carboxylic acids is 1. The monoisotopic (exact) mass is 699 g/mol. The van der Waals surface area contributed by atoms with Gasteiger partial charge in [-0.3, -0.25) is 14.5 Å². The molecule has 1 aromatic heterocycles. The molecule has 48 heavy (non-hydrogen) atoms. The molecule has 0 aromatic carbocycles. The van der Waals surface area contributed by atoms with Crippen LogP contribution in [0.1, 0.15) is 123 Å². The molecule has 1 aliphatic carbocycles. The fraction of sp³-hybridized carbons (Fsp3) is 0.806. The second kappa shape index (κ2) is 16.1. The van der Waals surface area contributed by atoms with Crippen LogP contribution < -0.4 is 0 Å². The molecular formula is C36H56F3N3O5S. The zero-order valence-corrected chi connectivity index (χ0v) is 30.4. The molecule has 4 fully saturated rings. The Morgan fingerprint density at radius 1 is 0.979 bits per heavy atom. The van der Waals surface area contributed by atoms with Crippen LogP contribution in [0.25, 0.3) is 0 Å². The molecule has 0 radical (unpaired) electrons. The van der Waals surface area contributed by atoms with E-state index in [0.717, 1.165) is 87.4 Å². The maximum absolute atomic E-state index is 13.4. The highest BCUT2D eigenvalue weighted by Crippen LogP contribution is 2.44. The molecular weight excluding hydrogens is 643 g/mol. The summed E-state index contributed by atoms with van der Waals surface area (Å²) >= 11 is 1.74. The quantitative estimate of drug-likeness (QED) is 0.293. The maximum Gasteiger partial charge on any atom is 0.410 e. The third-order valence-corrected chi connectivity index (χ3v) is 12.6. The molecule has 1 N–H and O–H groups in total. The smallest absolute Gasteiger partial charge is 0.410 e. The topological polar surface area (TPSA) is 90.4 Å². The molecule has 8 nitrogen and oxygen atoms in total. The van der Waals surface area contributed by atoms with E-state index in [1.165, 1.54) is 49.8 Å². The lowest BCUT2D eigenvalue weighted by molar-refractivity contribution is -0.166. The summed E-state index contributed by atoms with van der Waals surface area (Å²) in [5.74, 6) is -0.552. The Hall–Kier alpha value is -2.34. The zero-order valence-electron chi connectivity index (χ0n) is 29.6. The van der Waals surface area contributed by atoms with E-state index in [2.05, 4.69) is 49.3 Å². The Bertz CT molecular complexity index is 1260. The third-order valence-electron chi connectivity index (χ3n) is 11.5. The summed E-state index contributed by atoms with van der Waals surface area (Å²) in [6.07, 6.45) is 7.52. The van der Waals surface area contributed by atoms with Gasteiger partial charge in [-0.15, -0.1) is 11.3 Å². The standard InChI is InChI=1S/C33H53N3O3S.C3H3F3O2/c1-6-7-13-28-23-35(22-27-11-9-8-10-12-27)31(38)39-33(28)16-20-36(21-17-33)32(5)14-18-34(19-15-32)30(37)29-24(2)25(3)40-26(29)4;4-3(5,6)1-2(7)8/h27-28H,6-23H2,1-5H3;1H2,(H,7,8). The molecule has 4 heterocycles. The first kappa shape index (κ1) is 38.5. The third kappa shape index (κ3) is 9.46. The molecule has 5 rings (SSSR count). The van der Waals surface area contributed by atoms with Crippen molar-refractivity contribution in [1.29, 1.82) is 0 Å². The van der Waals surface area contributed by atoms with Gasteiger partial charge in [0.05, 0.1) is 5.56 Å². The number of aliphatic carboxylic acids is 1. The lowest BCUT2D eigenvalue weighted by Crippen LogP contribution is -2.63. The number of carboxylic acid groups (broad SMARTS) is 1. The van der Waals surface area contributed by atoms with Crippen molar-refractivity contribution in [2.75, 3.05) is 39.3 Å². The van der Waals surface area contributed by atoms with E-state index in [-0.39, 0.29) is 23.1 Å². The average molecular weight is 700 g/mol. The number of carbonyl (C=O) groups is 3. The summed E-state index contributed by atoms with van der Waals surface area (Å²) in [7, 11) is 0. The Kier molecular flexibility index (Phi) is 12.9. The summed E-state index contributed by atoms with van der Waals surface area (Å²) in [5.41, 5.74) is 1.88. The second-order valence-corrected chi connectivity index (χ2v) is 16.3. The van der Waals surface area contributed by atoms with Crippen LogP contribution in [0.2, 0.25) is 0 Å². The van der Waals surface area contributed by atoms with Gasteiger partial charge in [0.2, 0.25) is 0 Å². The molecule has 4 aliphatic rings. The summed E-state index contributed by atoms with van der Waals surface area (Å²) in [6.45, 7) is 16.3. The van der Waals surface area contributed by atoms with E-state index in [1.54, 1.807) is 11.3 Å². The minimum absolute atomic E-state index is 0.0564. The number of hydrogen-bond acceptors (Lipinski definition) is 6. The number of halogens is 3. The summed E-state index contributed by atoms with van der Waals surface area (Å²) in [4.78, 5) is 45.2. The van der Waals surface area contributed by atoms with Crippen LogP contribution in [0.5, 0.6) is 0 Å². The van der Waals surface area contributed by atoms with Crippen LogP contribution in [-0.4, -0.2) is 94.4 Å². The van der Waals surface area contributed by atoms with Gasteiger partial charge in [0.25, 0.3) is 5.91 Å². The predicted molar refractivity (Wildman–Crippen MR) is 182 cm³/mol. The Morgan fingerprint density at radius 2 is 1.60 bits per heavy atom. The summed E-state index contributed by atoms with van der Waals surface area (Å²) in [5, 5.41) is 7.53. The summed E-state index contributed by atoms with van der Waals surface area (Å²) < 4.78 is 39.3. The van der Waals surface area contributed by atoms with Crippen molar-refractivity contribution in [2.45, 2.75) is 135 Å². The Balaban J connectivity index is 0.000000579. The van der Waals surface area contributed by atoms with E-state index >= 15 is 0 Å². The Morgan fingerprint density at radius 3 is 2.10 bits per heavy atom. The lowest BCUT2D eigenvalue weighted by Gasteiger charge is -2.55. The molecule has 2 amide bonds. The molecule has 1 spiro atoms. The van der Waals surface area contributed by atoms with Crippen molar-refractivity contribution >= 4 is 29.3 Å². The molecule has 12 heteroatoms. The van der Waals surface area contributed by atoms with Crippen molar-refractivity contribution < 1.29 is 37.4 Å². The van der Waals surface area contributed by atoms with Crippen LogP contribution in [-0.2, 0) is 9.53 Å². The van der Waals surface area contributed by atoms with E-state index in [9.17, 15) is 27.6 Å². The van der Waals surface area contributed by atoms with Crippen LogP contribution in [0.3, 0.4) is 0 Å². The van der Waals surface area contributed by atoms with Gasteiger partial charge in [0.15, 0.2) is 0 Å². The first-order valence-corrected chi connectivity index (χ1v) is 18.8. The highest BCUT2D eigenvalue weighted by Gasteiger charge is 2.51. The van der Waals surface area contributed by atoms with Gasteiger partial charge < -0.3 is 19.6 Å². The van der Waals surface area contributed by atoms with Crippen LogP contribution >= 0.6 is 11.3 Å². The van der Waals surface area contributed by atoms with E-state index in [4.69, 9.17) is 9.84 Å². The first-order valence-electron chi connectivity index (χ1n) is 17.9. The van der Waals surface area contributed by atoms with Crippen molar-refractivity contribution in [1.82, 2.24) is 14.7 Å². The maximum atomic E-state index is 13.4. The number of likely N-dealkylation sites (tertiary alicyclic amines) is 2. The molecule has 1 aromatic rings. The molecule has 272 valence electrons. The van der Waals surface area contributed by atoms with Crippen molar-refractivity contribution in [3.63, 3.8) is 0 Å². The zero-order chi connectivity index (χ0) is 35.3. The number of rotatable bonds is 8. The van der Waals surface area contributed by atoms with Gasteiger partial charge in [0, 0.05) is 73.3 Å². The van der Waals surface area contributed by atoms with E-state index in [1.807, 2.05) is 0 Å². The van der Waals surface area contributed by atoms with Gasteiger partial charge in [-0.25, -0.2) is 4.79 Å². The Labute approximate surface area is 288 Å². The number of piperidine rings is 2. The largest absolute Gasteiger partial charge is 0.481 e. The van der Waals surface area contributed by atoms with Gasteiger partial charge in [-0.05, 0) is 71.3 Å². The number of ether oxygens (including phenoxy) is 1. The summed E-state index contributed by atoms with van der Waals surface area (Å²) in [6, 6.07) is 0. The number of nitrogens with zero attached hydrogens (tertiary/aromatic N) is 3. The van der Waals surface area contributed by atoms with Gasteiger partial charge in [-0.2, -0.15) is 13.2 Å². The van der Waals surface area contributed by atoms with Gasteiger partial charge in [-0.1, -0.05) is 39.0 Å². The number of unbranched alkanes of at least 4 members (excludes halogenated alkanes) is 1. The second-order valence-electron chi connectivity index (χ2n) is 14.9. The lowest BCUT2D eigenvalue weighted by atomic mass is 9.74. The number of alkyl halides is 3. The van der Waals surface area contributed by atoms with E-state index < -0.39 is 18.6 Å².